The Labute approximate surface area is 72.4 Å². The molecule has 0 N–H and O–H groups in total. The van der Waals surface area contributed by atoms with Gasteiger partial charge in [-0.3, -0.25) is 4.98 Å². The minimum absolute atomic E-state index is 0.0933. The molecule has 1 aromatic heterocycles. The molecule has 0 unspecified atom stereocenters. The van der Waals surface area contributed by atoms with Gasteiger partial charge in [0.25, 0.3) is 0 Å². The van der Waals surface area contributed by atoms with E-state index >= 15 is 0 Å². The van der Waals surface area contributed by atoms with Crippen molar-refractivity contribution in [1.82, 2.24) is 4.98 Å². The molecule has 0 fully saturated rings. The van der Waals surface area contributed by atoms with E-state index in [1.54, 1.807) is 0 Å². The van der Waals surface area contributed by atoms with E-state index in [-0.39, 0.29) is 12.1 Å². The molecular weight excluding hydrogens is 183 g/mol. The van der Waals surface area contributed by atoms with E-state index in [1.165, 1.54) is 0 Å². The van der Waals surface area contributed by atoms with Crippen LogP contribution in [0.4, 0.5) is 13.2 Å². The summed E-state index contributed by atoms with van der Waals surface area (Å²) in [4.78, 5) is 13.6. The number of alkyl halides is 3. The lowest BCUT2D eigenvalue weighted by atomic mass is 10.2. The number of pyridine rings is 1. The maximum absolute atomic E-state index is 12.1. The number of halogens is 3. The normalized spacial score (nSPS) is 11.3. The highest BCUT2D eigenvalue weighted by Gasteiger charge is 2.30. The van der Waals surface area contributed by atoms with E-state index in [1.807, 2.05) is 0 Å². The Morgan fingerprint density at radius 3 is 2.69 bits per heavy atom. The van der Waals surface area contributed by atoms with E-state index in [2.05, 4.69) is 4.98 Å². The van der Waals surface area contributed by atoms with E-state index in [9.17, 15) is 18.0 Å². The zero-order chi connectivity index (χ0) is 9.90. The lowest BCUT2D eigenvalue weighted by Crippen LogP contribution is -2.06. The Balaban J connectivity index is 2.98. The van der Waals surface area contributed by atoms with Crippen molar-refractivity contribution in [3.05, 3.63) is 29.6 Å². The smallest absolute Gasteiger partial charge is 0.303 e. The Kier molecular flexibility index (Phi) is 2.65. The molecular formula is C8H6F3NO. The number of rotatable bonds is 2. The molecule has 0 amide bonds. The molecule has 0 saturated heterocycles. The molecule has 2 nitrogen and oxygen atoms in total. The van der Waals surface area contributed by atoms with Gasteiger partial charge in [-0.25, -0.2) is 0 Å². The van der Waals surface area contributed by atoms with Crippen LogP contribution < -0.4 is 0 Å². The topological polar surface area (TPSA) is 30.0 Å². The third-order valence-corrected chi connectivity index (χ3v) is 1.44. The van der Waals surface area contributed by atoms with E-state index in [4.69, 9.17) is 0 Å². The van der Waals surface area contributed by atoms with Crippen LogP contribution in [0.3, 0.4) is 0 Å². The van der Waals surface area contributed by atoms with Crippen molar-refractivity contribution in [3.63, 3.8) is 0 Å². The summed E-state index contributed by atoms with van der Waals surface area (Å²) in [7, 11) is 0. The first-order chi connectivity index (χ1) is 6.04. The largest absolute Gasteiger partial charge is 0.416 e. The van der Waals surface area contributed by atoms with Gasteiger partial charge >= 0.3 is 6.18 Å². The lowest BCUT2D eigenvalue weighted by Gasteiger charge is -2.06. The van der Waals surface area contributed by atoms with Crippen molar-refractivity contribution in [2.45, 2.75) is 12.6 Å². The van der Waals surface area contributed by atoms with Gasteiger partial charge in [0, 0.05) is 18.3 Å². The average Bonchev–Trinajstić information content (AvgIpc) is 2.04. The predicted octanol–water partition coefficient (Wildman–Crippen LogP) is 1.84. The molecule has 1 aromatic rings. The highest BCUT2D eigenvalue weighted by Crippen LogP contribution is 2.28. The molecule has 13 heavy (non-hydrogen) atoms. The molecule has 1 rings (SSSR count). The second kappa shape index (κ2) is 3.55. The highest BCUT2D eigenvalue weighted by molar-refractivity contribution is 5.53. The van der Waals surface area contributed by atoms with Crippen LogP contribution in [0.25, 0.3) is 0 Å². The molecule has 0 radical (unpaired) electrons. The second-order valence-electron chi connectivity index (χ2n) is 2.40. The Hall–Kier alpha value is -1.39. The van der Waals surface area contributed by atoms with E-state index in [0.717, 1.165) is 18.3 Å². The molecule has 0 bridgehead atoms. The fourth-order valence-corrected chi connectivity index (χ4v) is 0.852. The fraction of sp³-hybridized carbons (Fsp3) is 0.250. The van der Waals surface area contributed by atoms with E-state index < -0.39 is 11.7 Å². The van der Waals surface area contributed by atoms with Crippen LogP contribution in [-0.4, -0.2) is 11.3 Å². The van der Waals surface area contributed by atoms with Crippen molar-refractivity contribution in [2.75, 3.05) is 0 Å². The summed E-state index contributed by atoms with van der Waals surface area (Å²) in [5, 5.41) is 0. The quantitative estimate of drug-likeness (QED) is 0.664. The molecule has 1 heterocycles. The van der Waals surface area contributed by atoms with Gasteiger partial charge in [-0.05, 0) is 12.1 Å². The predicted molar refractivity (Wildman–Crippen MR) is 39.0 cm³/mol. The summed E-state index contributed by atoms with van der Waals surface area (Å²) in [6.45, 7) is 0. The summed E-state index contributed by atoms with van der Waals surface area (Å²) < 4.78 is 36.3. The minimum Gasteiger partial charge on any atom is -0.303 e. The maximum Gasteiger partial charge on any atom is 0.416 e. The van der Waals surface area contributed by atoms with Crippen molar-refractivity contribution in [3.8, 4) is 0 Å². The lowest BCUT2D eigenvalue weighted by molar-refractivity contribution is -0.137. The number of aldehydes is 1. The van der Waals surface area contributed by atoms with Crippen LogP contribution in [-0.2, 0) is 17.4 Å². The van der Waals surface area contributed by atoms with Gasteiger partial charge in [-0.2, -0.15) is 13.2 Å². The van der Waals surface area contributed by atoms with Crippen molar-refractivity contribution in [2.24, 2.45) is 0 Å². The number of hydrogen-bond donors (Lipinski definition) is 0. The highest BCUT2D eigenvalue weighted by atomic mass is 19.4. The van der Waals surface area contributed by atoms with Crippen LogP contribution >= 0.6 is 0 Å². The average molecular weight is 189 g/mol. The van der Waals surface area contributed by atoms with Crippen molar-refractivity contribution >= 4 is 6.29 Å². The van der Waals surface area contributed by atoms with E-state index in [0.29, 0.717) is 6.29 Å². The molecule has 70 valence electrons. The Morgan fingerprint density at radius 2 is 2.15 bits per heavy atom. The van der Waals surface area contributed by atoms with Crippen LogP contribution in [0.1, 0.15) is 11.3 Å². The summed E-state index contributed by atoms with van der Waals surface area (Å²) in [5.41, 5.74) is -0.649. The molecule has 5 heteroatoms. The first-order valence-electron chi connectivity index (χ1n) is 3.50. The maximum atomic E-state index is 12.1. The molecule has 0 atom stereocenters. The van der Waals surface area contributed by atoms with Gasteiger partial charge in [-0.15, -0.1) is 0 Å². The molecule has 0 saturated carbocycles. The fourth-order valence-electron chi connectivity index (χ4n) is 0.852. The molecule has 0 aliphatic heterocycles. The summed E-state index contributed by atoms with van der Waals surface area (Å²) in [6.07, 6.45) is -2.91. The van der Waals surface area contributed by atoms with Gasteiger partial charge in [0.2, 0.25) is 0 Å². The van der Waals surface area contributed by atoms with Crippen molar-refractivity contribution in [1.29, 1.82) is 0 Å². The summed E-state index contributed by atoms with van der Waals surface area (Å²) in [6, 6.07) is 1.74. The number of carbonyl (C=O) groups is 1. The van der Waals surface area contributed by atoms with Gasteiger partial charge in [0.15, 0.2) is 0 Å². The SMILES string of the molecule is O=CCc1cc(C(F)(F)F)ccn1. The number of hydrogen-bond acceptors (Lipinski definition) is 2. The Morgan fingerprint density at radius 1 is 1.46 bits per heavy atom. The third-order valence-electron chi connectivity index (χ3n) is 1.44. The van der Waals surface area contributed by atoms with Gasteiger partial charge in [-0.1, -0.05) is 0 Å². The second-order valence-corrected chi connectivity index (χ2v) is 2.40. The third kappa shape index (κ3) is 2.54. The van der Waals surface area contributed by atoms with Crippen molar-refractivity contribution < 1.29 is 18.0 Å². The Bertz CT molecular complexity index is 309. The minimum atomic E-state index is -4.37. The summed E-state index contributed by atoms with van der Waals surface area (Å²) in [5.74, 6) is 0. The zero-order valence-electron chi connectivity index (χ0n) is 6.51. The number of carbonyl (C=O) groups excluding carboxylic acids is 1. The monoisotopic (exact) mass is 189 g/mol. The zero-order valence-corrected chi connectivity index (χ0v) is 6.51. The van der Waals surface area contributed by atoms with Gasteiger partial charge in [0.05, 0.1) is 5.56 Å². The van der Waals surface area contributed by atoms with Crippen LogP contribution in [0.5, 0.6) is 0 Å². The molecule has 0 aliphatic rings. The van der Waals surface area contributed by atoms with Gasteiger partial charge in [0.1, 0.15) is 6.29 Å². The number of aromatic nitrogens is 1. The number of nitrogens with zero attached hydrogens (tertiary/aromatic N) is 1. The standard InChI is InChI=1S/C8H6F3NO/c9-8(10,11)6-1-3-12-7(5-6)2-4-13/h1,3-5H,2H2. The first kappa shape index (κ1) is 9.70. The molecule has 0 spiro atoms. The first-order valence-corrected chi connectivity index (χ1v) is 3.50. The van der Waals surface area contributed by atoms with Crippen LogP contribution in [0.15, 0.2) is 18.3 Å². The molecule has 0 aromatic carbocycles. The molecule has 0 aliphatic carbocycles. The summed E-state index contributed by atoms with van der Waals surface area (Å²) >= 11 is 0. The van der Waals surface area contributed by atoms with Crippen LogP contribution in [0, 0.1) is 0 Å². The van der Waals surface area contributed by atoms with Crippen LogP contribution in [0.2, 0.25) is 0 Å². The van der Waals surface area contributed by atoms with Gasteiger partial charge < -0.3 is 4.79 Å².